The monoisotopic (exact) mass is 400 g/mol. The van der Waals surface area contributed by atoms with Crippen LogP contribution in [0.5, 0.6) is 11.5 Å². The molecule has 1 fully saturated rings. The zero-order chi connectivity index (χ0) is 19.5. The number of benzene rings is 1. The number of rotatable bonds is 5. The Kier molecular flexibility index (Phi) is 5.52. The summed E-state index contributed by atoms with van der Waals surface area (Å²) in [4.78, 5) is 26.3. The molecule has 1 aliphatic heterocycles. The largest absolute Gasteiger partial charge is 0.454 e. The van der Waals surface area contributed by atoms with Gasteiger partial charge in [-0.05, 0) is 43.5 Å². The van der Waals surface area contributed by atoms with Gasteiger partial charge in [-0.2, -0.15) is 0 Å². The summed E-state index contributed by atoms with van der Waals surface area (Å²) < 4.78 is 10.7. The van der Waals surface area contributed by atoms with E-state index in [0.29, 0.717) is 22.9 Å². The summed E-state index contributed by atoms with van der Waals surface area (Å²) in [5.41, 5.74) is 1.45. The fourth-order valence-corrected chi connectivity index (χ4v) is 4.59. The smallest absolute Gasteiger partial charge is 0.254 e. The second-order valence-corrected chi connectivity index (χ2v) is 8.55. The molecule has 0 spiro atoms. The summed E-state index contributed by atoms with van der Waals surface area (Å²) in [6.45, 7) is 2.54. The number of carbonyl (C=O) groups excluding carboxylic acids is 2. The Morgan fingerprint density at radius 1 is 1.11 bits per heavy atom. The Balaban J connectivity index is 1.40. The zero-order valence-corrected chi connectivity index (χ0v) is 16.7. The maximum atomic E-state index is 12.7. The van der Waals surface area contributed by atoms with Crippen LogP contribution in [-0.4, -0.2) is 18.6 Å². The van der Waals surface area contributed by atoms with E-state index < -0.39 is 0 Å². The molecule has 0 saturated heterocycles. The average molecular weight is 401 g/mol. The minimum absolute atomic E-state index is 0.0337. The van der Waals surface area contributed by atoms with Crippen molar-refractivity contribution in [3.8, 4) is 11.5 Å². The van der Waals surface area contributed by atoms with Gasteiger partial charge in [0.05, 0.1) is 5.56 Å². The average Bonchev–Trinajstić information content (AvgIpc) is 3.32. The molecule has 148 valence electrons. The van der Waals surface area contributed by atoms with Crippen LogP contribution in [0.15, 0.2) is 24.3 Å². The Morgan fingerprint density at radius 3 is 2.71 bits per heavy atom. The number of ether oxygens (including phenoxy) is 2. The van der Waals surface area contributed by atoms with Crippen molar-refractivity contribution in [3.05, 3.63) is 40.3 Å². The first-order chi connectivity index (χ1) is 13.6. The van der Waals surface area contributed by atoms with E-state index in [1.807, 2.05) is 31.2 Å². The summed E-state index contributed by atoms with van der Waals surface area (Å²) >= 11 is 1.44. The van der Waals surface area contributed by atoms with Crippen molar-refractivity contribution in [2.75, 3.05) is 12.1 Å². The number of anilines is 1. The normalized spacial score (nSPS) is 16.0. The Labute approximate surface area is 168 Å². The van der Waals surface area contributed by atoms with Crippen LogP contribution in [0.25, 0.3) is 0 Å². The van der Waals surface area contributed by atoms with E-state index in [1.54, 1.807) is 0 Å². The molecular weight excluding hydrogens is 376 g/mol. The van der Waals surface area contributed by atoms with E-state index in [1.165, 1.54) is 17.8 Å². The first-order valence-corrected chi connectivity index (χ1v) is 10.5. The lowest BCUT2D eigenvalue weighted by molar-refractivity contribution is -0.120. The molecule has 1 aromatic carbocycles. The van der Waals surface area contributed by atoms with Crippen LogP contribution in [-0.2, 0) is 11.3 Å². The van der Waals surface area contributed by atoms with E-state index in [2.05, 4.69) is 10.6 Å². The molecule has 0 unspecified atom stereocenters. The number of nitrogens with one attached hydrogen (secondary N) is 2. The molecule has 1 aromatic heterocycles. The maximum Gasteiger partial charge on any atom is 0.254 e. The quantitative estimate of drug-likeness (QED) is 0.787. The predicted molar refractivity (Wildman–Crippen MR) is 108 cm³/mol. The molecule has 7 heteroatoms. The number of fused-ring (bicyclic) bond motifs is 1. The molecule has 2 aliphatic rings. The second-order valence-electron chi connectivity index (χ2n) is 7.29. The third-order valence-electron chi connectivity index (χ3n) is 5.20. The van der Waals surface area contributed by atoms with Gasteiger partial charge in [0.25, 0.3) is 5.91 Å². The molecule has 1 aliphatic carbocycles. The van der Waals surface area contributed by atoms with Crippen LogP contribution < -0.4 is 20.1 Å². The topological polar surface area (TPSA) is 76.7 Å². The fourth-order valence-electron chi connectivity index (χ4n) is 3.68. The van der Waals surface area contributed by atoms with Gasteiger partial charge in [0.15, 0.2) is 11.5 Å². The van der Waals surface area contributed by atoms with E-state index in [9.17, 15) is 9.59 Å². The molecule has 2 heterocycles. The van der Waals surface area contributed by atoms with Crippen molar-refractivity contribution in [2.45, 2.75) is 45.6 Å². The highest BCUT2D eigenvalue weighted by molar-refractivity contribution is 7.16. The second kappa shape index (κ2) is 8.22. The first kappa shape index (κ1) is 18.8. The first-order valence-electron chi connectivity index (χ1n) is 9.68. The molecular formula is C21H24N2O4S. The summed E-state index contributed by atoms with van der Waals surface area (Å²) in [7, 11) is 0. The third kappa shape index (κ3) is 4.14. The molecule has 28 heavy (non-hydrogen) atoms. The minimum Gasteiger partial charge on any atom is -0.454 e. The molecule has 0 atom stereocenters. The number of amides is 2. The summed E-state index contributed by atoms with van der Waals surface area (Å²) in [6, 6.07) is 7.44. The molecule has 0 radical (unpaired) electrons. The molecule has 4 rings (SSSR count). The Bertz CT molecular complexity index is 887. The van der Waals surface area contributed by atoms with E-state index in [4.69, 9.17) is 9.47 Å². The number of aryl methyl sites for hydroxylation is 1. The van der Waals surface area contributed by atoms with Crippen LogP contribution in [0.3, 0.4) is 0 Å². The standard InChI is InChI=1S/C21H24N2O4S/c1-13-9-16(21(28-13)23-19(24)15-5-3-2-4-6-15)20(25)22-11-14-7-8-17-18(10-14)27-12-26-17/h7-10,15H,2-6,11-12H2,1H3,(H,22,25)(H,23,24). The fraction of sp³-hybridized carbons (Fsp3) is 0.429. The molecule has 0 bridgehead atoms. The van der Waals surface area contributed by atoms with Crippen molar-refractivity contribution < 1.29 is 19.1 Å². The van der Waals surface area contributed by atoms with Gasteiger partial charge in [-0.25, -0.2) is 0 Å². The zero-order valence-electron chi connectivity index (χ0n) is 15.9. The number of thiophene rings is 1. The molecule has 2 aromatic rings. The van der Waals surface area contributed by atoms with Gasteiger partial charge in [0.2, 0.25) is 12.7 Å². The van der Waals surface area contributed by atoms with Gasteiger partial charge in [0.1, 0.15) is 5.00 Å². The van der Waals surface area contributed by atoms with Crippen LogP contribution in [0.4, 0.5) is 5.00 Å². The predicted octanol–water partition coefficient (Wildman–Crippen LogP) is 4.23. The Hall–Kier alpha value is -2.54. The Morgan fingerprint density at radius 2 is 1.89 bits per heavy atom. The highest BCUT2D eigenvalue weighted by Crippen LogP contribution is 2.33. The number of hydrogen-bond donors (Lipinski definition) is 2. The van der Waals surface area contributed by atoms with Crippen LogP contribution in [0.2, 0.25) is 0 Å². The lowest BCUT2D eigenvalue weighted by Gasteiger charge is -2.20. The molecule has 2 amide bonds. The molecule has 1 saturated carbocycles. The van der Waals surface area contributed by atoms with Crippen molar-refractivity contribution >= 4 is 28.2 Å². The van der Waals surface area contributed by atoms with Crippen molar-refractivity contribution in [1.29, 1.82) is 0 Å². The van der Waals surface area contributed by atoms with Gasteiger partial charge in [-0.15, -0.1) is 11.3 Å². The highest BCUT2D eigenvalue weighted by atomic mass is 32.1. The molecule has 2 N–H and O–H groups in total. The van der Waals surface area contributed by atoms with Crippen LogP contribution in [0, 0.1) is 12.8 Å². The summed E-state index contributed by atoms with van der Waals surface area (Å²) in [5.74, 6) is 1.31. The van der Waals surface area contributed by atoms with Gasteiger partial charge in [-0.1, -0.05) is 25.3 Å². The maximum absolute atomic E-state index is 12.7. The number of hydrogen-bond acceptors (Lipinski definition) is 5. The van der Waals surface area contributed by atoms with Crippen LogP contribution in [0.1, 0.15) is 52.9 Å². The third-order valence-corrected chi connectivity index (χ3v) is 6.17. The lowest BCUT2D eigenvalue weighted by Crippen LogP contribution is -2.27. The van der Waals surface area contributed by atoms with Gasteiger partial charge in [0, 0.05) is 17.3 Å². The molecule has 6 nitrogen and oxygen atoms in total. The lowest BCUT2D eigenvalue weighted by atomic mass is 9.89. The van der Waals surface area contributed by atoms with Crippen molar-refractivity contribution in [1.82, 2.24) is 5.32 Å². The minimum atomic E-state index is -0.194. The van der Waals surface area contributed by atoms with E-state index >= 15 is 0 Å². The van der Waals surface area contributed by atoms with Crippen molar-refractivity contribution in [2.24, 2.45) is 5.92 Å². The number of carbonyl (C=O) groups is 2. The van der Waals surface area contributed by atoms with E-state index in [0.717, 1.165) is 41.9 Å². The summed E-state index contributed by atoms with van der Waals surface area (Å²) in [5, 5.41) is 6.56. The van der Waals surface area contributed by atoms with Crippen molar-refractivity contribution in [3.63, 3.8) is 0 Å². The van der Waals surface area contributed by atoms with Gasteiger partial charge in [-0.3, -0.25) is 9.59 Å². The SMILES string of the molecule is Cc1cc(C(=O)NCc2ccc3c(c2)OCO3)c(NC(=O)C2CCCCC2)s1. The van der Waals surface area contributed by atoms with Gasteiger partial charge >= 0.3 is 0 Å². The van der Waals surface area contributed by atoms with Crippen LogP contribution >= 0.6 is 11.3 Å². The highest BCUT2D eigenvalue weighted by Gasteiger charge is 2.24. The summed E-state index contributed by atoms with van der Waals surface area (Å²) in [6.07, 6.45) is 5.27. The van der Waals surface area contributed by atoms with Gasteiger partial charge < -0.3 is 20.1 Å². The van der Waals surface area contributed by atoms with E-state index in [-0.39, 0.29) is 24.5 Å².